The SMILES string of the molecule is CCOC(=O)C1(C)CC1C. The van der Waals surface area contributed by atoms with E-state index in [2.05, 4.69) is 6.92 Å². The van der Waals surface area contributed by atoms with Crippen molar-refractivity contribution in [1.82, 2.24) is 0 Å². The normalized spacial score (nSPS) is 37.3. The van der Waals surface area contributed by atoms with E-state index in [-0.39, 0.29) is 11.4 Å². The molecule has 0 radical (unpaired) electrons. The minimum absolute atomic E-state index is 0.0255. The third-order valence-corrected chi connectivity index (χ3v) is 2.40. The Kier molecular flexibility index (Phi) is 1.71. The van der Waals surface area contributed by atoms with Crippen LogP contribution in [-0.4, -0.2) is 12.6 Å². The van der Waals surface area contributed by atoms with Gasteiger partial charge in [-0.05, 0) is 26.2 Å². The molecule has 2 unspecified atom stereocenters. The number of hydrogen-bond acceptors (Lipinski definition) is 2. The summed E-state index contributed by atoms with van der Waals surface area (Å²) in [5.41, 5.74) is -0.143. The van der Waals surface area contributed by atoms with Crippen LogP contribution in [-0.2, 0) is 9.53 Å². The van der Waals surface area contributed by atoms with E-state index in [1.807, 2.05) is 13.8 Å². The molecule has 0 N–H and O–H groups in total. The van der Waals surface area contributed by atoms with Crippen LogP contribution in [0.15, 0.2) is 0 Å². The highest BCUT2D eigenvalue weighted by Gasteiger charge is 2.54. The largest absolute Gasteiger partial charge is 0.466 e. The Hall–Kier alpha value is -0.530. The summed E-state index contributed by atoms with van der Waals surface area (Å²) in [6.07, 6.45) is 0.992. The van der Waals surface area contributed by atoms with Crippen LogP contribution in [0, 0.1) is 11.3 Å². The molecule has 0 heterocycles. The molecule has 1 aliphatic carbocycles. The van der Waals surface area contributed by atoms with E-state index in [1.54, 1.807) is 0 Å². The first-order chi connectivity index (χ1) is 4.61. The van der Waals surface area contributed by atoms with Gasteiger partial charge in [-0.1, -0.05) is 6.92 Å². The maximum atomic E-state index is 11.1. The van der Waals surface area contributed by atoms with Crippen molar-refractivity contribution < 1.29 is 9.53 Å². The zero-order valence-electron chi connectivity index (χ0n) is 6.81. The fourth-order valence-corrected chi connectivity index (χ4v) is 1.16. The van der Waals surface area contributed by atoms with Crippen LogP contribution in [0.5, 0.6) is 0 Å². The Morgan fingerprint density at radius 3 is 2.60 bits per heavy atom. The van der Waals surface area contributed by atoms with Gasteiger partial charge in [-0.15, -0.1) is 0 Å². The number of hydrogen-bond donors (Lipinski definition) is 0. The average molecular weight is 142 g/mol. The Morgan fingerprint density at radius 2 is 2.30 bits per heavy atom. The van der Waals surface area contributed by atoms with Gasteiger partial charge >= 0.3 is 5.97 Å². The predicted molar refractivity (Wildman–Crippen MR) is 38.5 cm³/mol. The Labute approximate surface area is 61.6 Å². The first-order valence-corrected chi connectivity index (χ1v) is 3.78. The van der Waals surface area contributed by atoms with Crippen LogP contribution in [0.25, 0.3) is 0 Å². The van der Waals surface area contributed by atoms with E-state index >= 15 is 0 Å². The van der Waals surface area contributed by atoms with Crippen LogP contribution >= 0.6 is 0 Å². The van der Waals surface area contributed by atoms with Crippen molar-refractivity contribution >= 4 is 5.97 Å². The van der Waals surface area contributed by atoms with Gasteiger partial charge in [0.05, 0.1) is 12.0 Å². The monoisotopic (exact) mass is 142 g/mol. The summed E-state index contributed by atoms with van der Waals surface area (Å²) < 4.78 is 4.90. The van der Waals surface area contributed by atoms with Crippen molar-refractivity contribution in [3.8, 4) is 0 Å². The first kappa shape index (κ1) is 7.58. The molecule has 1 aliphatic rings. The summed E-state index contributed by atoms with van der Waals surface area (Å²) in [6, 6.07) is 0. The highest BCUT2D eigenvalue weighted by atomic mass is 16.5. The maximum absolute atomic E-state index is 11.1. The van der Waals surface area contributed by atoms with Crippen molar-refractivity contribution in [3.05, 3.63) is 0 Å². The fourth-order valence-electron chi connectivity index (χ4n) is 1.16. The minimum Gasteiger partial charge on any atom is -0.466 e. The van der Waals surface area contributed by atoms with Crippen molar-refractivity contribution in [2.75, 3.05) is 6.61 Å². The van der Waals surface area contributed by atoms with E-state index in [1.165, 1.54) is 0 Å². The average Bonchev–Trinajstić information content (AvgIpc) is 2.43. The molecular formula is C8H14O2. The van der Waals surface area contributed by atoms with Gasteiger partial charge in [0, 0.05) is 0 Å². The van der Waals surface area contributed by atoms with Crippen LogP contribution in [0.4, 0.5) is 0 Å². The molecule has 1 fully saturated rings. The quantitative estimate of drug-likeness (QED) is 0.547. The molecule has 10 heavy (non-hydrogen) atoms. The Bertz CT molecular complexity index is 153. The van der Waals surface area contributed by atoms with Crippen LogP contribution in [0.1, 0.15) is 27.2 Å². The lowest BCUT2D eigenvalue weighted by Gasteiger charge is -2.07. The summed E-state index contributed by atoms with van der Waals surface area (Å²) in [5.74, 6) is 0.494. The molecule has 0 saturated heterocycles. The summed E-state index contributed by atoms with van der Waals surface area (Å²) >= 11 is 0. The maximum Gasteiger partial charge on any atom is 0.312 e. The van der Waals surface area contributed by atoms with Gasteiger partial charge in [-0.25, -0.2) is 0 Å². The lowest BCUT2D eigenvalue weighted by molar-refractivity contribution is -0.149. The molecule has 0 aliphatic heterocycles. The number of ether oxygens (including phenoxy) is 1. The molecule has 0 aromatic heterocycles. The zero-order valence-corrected chi connectivity index (χ0v) is 6.81. The Balaban J connectivity index is 2.43. The topological polar surface area (TPSA) is 26.3 Å². The molecule has 0 aromatic rings. The summed E-state index contributed by atoms with van der Waals surface area (Å²) in [5, 5.41) is 0. The van der Waals surface area contributed by atoms with Crippen molar-refractivity contribution in [1.29, 1.82) is 0 Å². The second-order valence-corrected chi connectivity index (χ2v) is 3.24. The third-order valence-electron chi connectivity index (χ3n) is 2.40. The molecule has 0 amide bonds. The fraction of sp³-hybridized carbons (Fsp3) is 0.875. The van der Waals surface area contributed by atoms with Gasteiger partial charge in [-0.2, -0.15) is 0 Å². The van der Waals surface area contributed by atoms with Gasteiger partial charge in [-0.3, -0.25) is 4.79 Å². The number of esters is 1. The van der Waals surface area contributed by atoms with Crippen molar-refractivity contribution in [3.63, 3.8) is 0 Å². The van der Waals surface area contributed by atoms with E-state index in [0.29, 0.717) is 12.5 Å². The van der Waals surface area contributed by atoms with E-state index in [9.17, 15) is 4.79 Å². The lowest BCUT2D eigenvalue weighted by Crippen LogP contribution is -2.17. The highest BCUT2D eigenvalue weighted by molar-refractivity contribution is 5.79. The summed E-state index contributed by atoms with van der Waals surface area (Å²) in [4.78, 5) is 11.1. The predicted octanol–water partition coefficient (Wildman–Crippen LogP) is 1.60. The number of carbonyl (C=O) groups excluding carboxylic acids is 1. The molecule has 2 nitrogen and oxygen atoms in total. The molecule has 0 bridgehead atoms. The van der Waals surface area contributed by atoms with Gasteiger partial charge in [0.25, 0.3) is 0 Å². The van der Waals surface area contributed by atoms with Crippen LogP contribution < -0.4 is 0 Å². The zero-order chi connectivity index (χ0) is 7.78. The van der Waals surface area contributed by atoms with E-state index in [0.717, 1.165) is 6.42 Å². The van der Waals surface area contributed by atoms with Gasteiger partial charge in [0.2, 0.25) is 0 Å². The second kappa shape index (κ2) is 2.26. The Morgan fingerprint density at radius 1 is 1.80 bits per heavy atom. The van der Waals surface area contributed by atoms with Crippen molar-refractivity contribution in [2.24, 2.45) is 11.3 Å². The minimum atomic E-state index is -0.143. The molecule has 1 rings (SSSR count). The van der Waals surface area contributed by atoms with Crippen molar-refractivity contribution in [2.45, 2.75) is 27.2 Å². The standard InChI is InChI=1S/C8H14O2/c1-4-10-7(9)8(3)5-6(8)2/h6H,4-5H2,1-3H3. The highest BCUT2D eigenvalue weighted by Crippen LogP contribution is 2.52. The molecule has 58 valence electrons. The summed E-state index contributed by atoms with van der Waals surface area (Å²) in [6.45, 7) is 6.39. The van der Waals surface area contributed by atoms with Crippen LogP contribution in [0.2, 0.25) is 0 Å². The molecule has 2 atom stereocenters. The number of rotatable bonds is 2. The van der Waals surface area contributed by atoms with Crippen LogP contribution in [0.3, 0.4) is 0 Å². The van der Waals surface area contributed by atoms with Gasteiger partial charge < -0.3 is 4.74 Å². The number of carbonyl (C=O) groups is 1. The molecule has 0 aromatic carbocycles. The van der Waals surface area contributed by atoms with Gasteiger partial charge in [0.15, 0.2) is 0 Å². The first-order valence-electron chi connectivity index (χ1n) is 3.78. The smallest absolute Gasteiger partial charge is 0.312 e. The molecule has 0 spiro atoms. The molecular weight excluding hydrogens is 128 g/mol. The second-order valence-electron chi connectivity index (χ2n) is 3.24. The van der Waals surface area contributed by atoms with E-state index < -0.39 is 0 Å². The molecule has 1 saturated carbocycles. The third kappa shape index (κ3) is 1.02. The van der Waals surface area contributed by atoms with E-state index in [4.69, 9.17) is 4.74 Å². The molecule has 2 heteroatoms. The lowest BCUT2D eigenvalue weighted by atomic mass is 10.1. The van der Waals surface area contributed by atoms with Gasteiger partial charge in [0.1, 0.15) is 0 Å². The summed E-state index contributed by atoms with van der Waals surface area (Å²) in [7, 11) is 0.